The van der Waals surface area contributed by atoms with Crippen LogP contribution in [-0.2, 0) is 23.0 Å². The van der Waals surface area contributed by atoms with E-state index >= 15 is 0 Å². The van der Waals surface area contributed by atoms with Crippen molar-refractivity contribution in [3.8, 4) is 5.75 Å². The third-order valence-electron chi connectivity index (χ3n) is 5.25. The molecule has 0 saturated carbocycles. The molecule has 1 atom stereocenters. The number of benzene rings is 2. The van der Waals surface area contributed by atoms with Gasteiger partial charge in [-0.15, -0.1) is 0 Å². The molecule has 2 aromatic carbocycles. The zero-order valence-electron chi connectivity index (χ0n) is 16.2. The number of hydrogen-bond donors (Lipinski definition) is 1. The van der Waals surface area contributed by atoms with Crippen molar-refractivity contribution < 1.29 is 13.2 Å². The van der Waals surface area contributed by atoms with Crippen LogP contribution in [0, 0.1) is 5.92 Å². The summed E-state index contributed by atoms with van der Waals surface area (Å²) in [6.07, 6.45) is 1.00. The van der Waals surface area contributed by atoms with Crippen molar-refractivity contribution in [1.29, 1.82) is 0 Å². The Hall–Kier alpha value is -1.89. The lowest BCUT2D eigenvalue weighted by Gasteiger charge is -2.38. The van der Waals surface area contributed by atoms with Gasteiger partial charge in [-0.05, 0) is 47.7 Å². The van der Waals surface area contributed by atoms with Crippen molar-refractivity contribution in [3.63, 3.8) is 0 Å². The topological polar surface area (TPSA) is 58.6 Å². The molecule has 0 radical (unpaired) electrons. The van der Waals surface area contributed by atoms with Crippen LogP contribution in [0.25, 0.3) is 0 Å². The Morgan fingerprint density at radius 3 is 2.37 bits per heavy atom. The first-order valence-electron chi connectivity index (χ1n) is 9.35. The summed E-state index contributed by atoms with van der Waals surface area (Å²) < 4.78 is 33.2. The van der Waals surface area contributed by atoms with Crippen LogP contribution in [0.2, 0.25) is 0 Å². The third kappa shape index (κ3) is 4.69. The van der Waals surface area contributed by atoms with E-state index in [9.17, 15) is 8.42 Å². The van der Waals surface area contributed by atoms with Crippen molar-refractivity contribution in [2.75, 3.05) is 20.2 Å². The van der Waals surface area contributed by atoms with E-state index in [4.69, 9.17) is 4.74 Å². The van der Waals surface area contributed by atoms with Crippen LogP contribution in [0.1, 0.15) is 25.0 Å². The van der Waals surface area contributed by atoms with Gasteiger partial charge in [0.2, 0.25) is 10.0 Å². The fourth-order valence-corrected chi connectivity index (χ4v) is 4.67. The molecule has 6 heteroatoms. The smallest absolute Gasteiger partial charge is 0.240 e. The second-order valence-electron chi connectivity index (χ2n) is 7.33. The average molecular weight is 389 g/mol. The Morgan fingerprint density at radius 1 is 1.07 bits per heavy atom. The molecule has 3 rings (SSSR count). The maximum Gasteiger partial charge on any atom is 0.240 e. The van der Waals surface area contributed by atoms with Crippen LogP contribution in [-0.4, -0.2) is 39.6 Å². The molecule has 1 aliphatic heterocycles. The molecule has 0 aliphatic carbocycles. The summed E-state index contributed by atoms with van der Waals surface area (Å²) in [5.41, 5.74) is 2.74. The number of ether oxygens (including phenoxy) is 1. The highest BCUT2D eigenvalue weighted by atomic mass is 32.2. The summed E-state index contributed by atoms with van der Waals surface area (Å²) in [5, 5.41) is 0. The van der Waals surface area contributed by atoms with Crippen molar-refractivity contribution in [3.05, 3.63) is 59.7 Å². The minimum absolute atomic E-state index is 0.145. The minimum atomic E-state index is -3.55. The fourth-order valence-electron chi connectivity index (χ4n) is 3.62. The maximum absolute atomic E-state index is 12.7. The van der Waals surface area contributed by atoms with Gasteiger partial charge in [-0.2, -0.15) is 0 Å². The predicted octanol–water partition coefficient (Wildman–Crippen LogP) is 3.06. The highest BCUT2D eigenvalue weighted by Gasteiger charge is 2.27. The first-order valence-corrected chi connectivity index (χ1v) is 10.8. The summed E-state index contributed by atoms with van der Waals surface area (Å²) >= 11 is 0. The second-order valence-corrected chi connectivity index (χ2v) is 9.09. The molecule has 1 unspecified atom stereocenters. The number of hydrogen-bond acceptors (Lipinski definition) is 4. The first kappa shape index (κ1) is 19.9. The Balaban J connectivity index is 1.69. The Bertz CT molecular complexity index is 863. The lowest BCUT2D eigenvalue weighted by atomic mass is 9.95. The molecule has 5 nitrogen and oxygen atoms in total. The lowest BCUT2D eigenvalue weighted by Crippen LogP contribution is -2.48. The summed E-state index contributed by atoms with van der Waals surface area (Å²) in [6, 6.07) is 15.1. The van der Waals surface area contributed by atoms with E-state index in [1.807, 2.05) is 0 Å². The molecule has 27 heavy (non-hydrogen) atoms. The Morgan fingerprint density at radius 2 is 1.74 bits per heavy atom. The highest BCUT2D eigenvalue weighted by molar-refractivity contribution is 7.89. The van der Waals surface area contributed by atoms with Crippen LogP contribution in [0.5, 0.6) is 5.75 Å². The Kier molecular flexibility index (Phi) is 6.19. The molecule has 2 aromatic rings. The highest BCUT2D eigenvalue weighted by Crippen LogP contribution is 2.23. The van der Waals surface area contributed by atoms with Crippen LogP contribution in [0.4, 0.5) is 0 Å². The van der Waals surface area contributed by atoms with Crippen LogP contribution >= 0.6 is 0 Å². The predicted molar refractivity (Wildman–Crippen MR) is 107 cm³/mol. The number of nitrogens with one attached hydrogen (secondary N) is 1. The standard InChI is InChI=1S/C21H28N2O3S/c1-16(2)21(23-13-12-17-6-4-5-7-18(17)15-23)14-22-27(24,25)20-10-8-19(26-3)9-11-20/h4-11,16,21-22H,12-15H2,1-3H3. The molecule has 1 aliphatic rings. The number of sulfonamides is 1. The molecular formula is C21H28N2O3S. The van der Waals surface area contributed by atoms with E-state index in [2.05, 4.69) is 47.7 Å². The van der Waals surface area contributed by atoms with Crippen LogP contribution < -0.4 is 9.46 Å². The third-order valence-corrected chi connectivity index (χ3v) is 6.69. The zero-order chi connectivity index (χ0) is 19.4. The first-order chi connectivity index (χ1) is 12.9. The van der Waals surface area contributed by atoms with E-state index in [0.717, 1.165) is 19.5 Å². The molecule has 0 spiro atoms. The molecule has 0 amide bonds. The monoisotopic (exact) mass is 388 g/mol. The van der Waals surface area contributed by atoms with E-state index in [-0.39, 0.29) is 10.9 Å². The van der Waals surface area contributed by atoms with Gasteiger partial charge in [0.15, 0.2) is 0 Å². The lowest BCUT2D eigenvalue weighted by molar-refractivity contribution is 0.141. The average Bonchev–Trinajstić information content (AvgIpc) is 2.67. The van der Waals surface area contributed by atoms with Gasteiger partial charge in [-0.25, -0.2) is 13.1 Å². The SMILES string of the molecule is COc1ccc(S(=O)(=O)NCC(C(C)C)N2CCc3ccccc3C2)cc1. The molecule has 1 heterocycles. The van der Waals surface area contributed by atoms with E-state index < -0.39 is 10.0 Å². The molecule has 0 saturated heterocycles. The summed E-state index contributed by atoms with van der Waals surface area (Å²) in [6.45, 7) is 6.50. The Labute approximate surface area is 162 Å². The minimum Gasteiger partial charge on any atom is -0.497 e. The molecule has 1 N–H and O–H groups in total. The van der Waals surface area contributed by atoms with E-state index in [1.54, 1.807) is 31.4 Å². The summed E-state index contributed by atoms with van der Waals surface area (Å²) in [4.78, 5) is 2.65. The van der Waals surface area contributed by atoms with Gasteiger partial charge < -0.3 is 4.74 Å². The number of methoxy groups -OCH3 is 1. The number of rotatable bonds is 7. The normalized spacial score (nSPS) is 16.1. The van der Waals surface area contributed by atoms with Crippen molar-refractivity contribution in [1.82, 2.24) is 9.62 Å². The zero-order valence-corrected chi connectivity index (χ0v) is 17.0. The van der Waals surface area contributed by atoms with Gasteiger partial charge in [0.1, 0.15) is 5.75 Å². The quantitative estimate of drug-likeness (QED) is 0.792. The van der Waals surface area contributed by atoms with Gasteiger partial charge in [0.25, 0.3) is 0 Å². The van der Waals surface area contributed by atoms with Gasteiger partial charge in [0, 0.05) is 25.7 Å². The largest absolute Gasteiger partial charge is 0.497 e. The molecule has 0 bridgehead atoms. The maximum atomic E-state index is 12.7. The van der Waals surface area contributed by atoms with Crippen molar-refractivity contribution in [2.45, 2.75) is 37.8 Å². The second kappa shape index (κ2) is 8.42. The van der Waals surface area contributed by atoms with Crippen molar-refractivity contribution in [2.24, 2.45) is 5.92 Å². The van der Waals surface area contributed by atoms with E-state index in [0.29, 0.717) is 18.2 Å². The molecular weight excluding hydrogens is 360 g/mol. The van der Waals surface area contributed by atoms with Gasteiger partial charge >= 0.3 is 0 Å². The fraction of sp³-hybridized carbons (Fsp3) is 0.429. The van der Waals surface area contributed by atoms with Crippen molar-refractivity contribution >= 4 is 10.0 Å². The van der Waals surface area contributed by atoms with Crippen LogP contribution in [0.3, 0.4) is 0 Å². The number of fused-ring (bicyclic) bond motifs is 1. The summed E-state index contributed by atoms with van der Waals surface area (Å²) in [5.74, 6) is 0.981. The molecule has 0 aromatic heterocycles. The number of nitrogens with zero attached hydrogens (tertiary/aromatic N) is 1. The molecule has 146 valence electrons. The van der Waals surface area contributed by atoms with Gasteiger partial charge in [0.05, 0.1) is 12.0 Å². The van der Waals surface area contributed by atoms with Crippen LogP contribution in [0.15, 0.2) is 53.4 Å². The molecule has 0 fully saturated rings. The van der Waals surface area contributed by atoms with Gasteiger partial charge in [-0.1, -0.05) is 38.1 Å². The summed E-state index contributed by atoms with van der Waals surface area (Å²) in [7, 11) is -1.98. The van der Waals surface area contributed by atoms with E-state index in [1.165, 1.54) is 11.1 Å². The van der Waals surface area contributed by atoms with Gasteiger partial charge in [-0.3, -0.25) is 4.90 Å².